The molecule has 2 aliphatic rings. The average molecular weight is 245 g/mol. The third-order valence-electron chi connectivity index (χ3n) is 4.43. The van der Waals surface area contributed by atoms with Gasteiger partial charge >= 0.3 is 0 Å². The van der Waals surface area contributed by atoms with Crippen molar-refractivity contribution < 1.29 is 4.74 Å². The predicted molar refractivity (Wildman–Crippen MR) is 73.4 cm³/mol. The summed E-state index contributed by atoms with van der Waals surface area (Å²) < 4.78 is 5.87. The van der Waals surface area contributed by atoms with Gasteiger partial charge in [0.15, 0.2) is 0 Å². The lowest BCUT2D eigenvalue weighted by molar-refractivity contribution is 0.0596. The highest BCUT2D eigenvalue weighted by atomic mass is 16.5. The lowest BCUT2D eigenvalue weighted by Crippen LogP contribution is -2.48. The van der Waals surface area contributed by atoms with Crippen molar-refractivity contribution in [2.75, 3.05) is 6.61 Å². The van der Waals surface area contributed by atoms with Crippen molar-refractivity contribution >= 4 is 0 Å². The number of nitrogens with two attached hydrogens (primary N) is 1. The number of ether oxygens (including phenoxy) is 1. The molecule has 0 radical (unpaired) electrons. The van der Waals surface area contributed by atoms with Crippen molar-refractivity contribution in [3.05, 3.63) is 35.9 Å². The molecule has 0 spiro atoms. The largest absolute Gasteiger partial charge is 0.376 e. The van der Waals surface area contributed by atoms with Crippen LogP contribution in [0.15, 0.2) is 30.3 Å². The molecule has 2 atom stereocenters. The molecule has 1 aromatic carbocycles. The molecule has 2 heteroatoms. The molecule has 98 valence electrons. The van der Waals surface area contributed by atoms with Crippen molar-refractivity contribution in [1.82, 2.24) is 0 Å². The minimum atomic E-state index is -0.0457. The smallest absolute Gasteiger partial charge is 0.0783 e. The number of hydrogen-bond donors (Lipinski definition) is 1. The molecule has 2 fully saturated rings. The van der Waals surface area contributed by atoms with Gasteiger partial charge in [0, 0.05) is 12.1 Å². The molecule has 0 bridgehead atoms. The minimum absolute atomic E-state index is 0.0457. The maximum Gasteiger partial charge on any atom is 0.0783 e. The Kier molecular flexibility index (Phi) is 3.40. The monoisotopic (exact) mass is 245 g/mol. The van der Waals surface area contributed by atoms with Crippen molar-refractivity contribution in [2.45, 2.75) is 50.2 Å². The Morgan fingerprint density at radius 1 is 1.22 bits per heavy atom. The van der Waals surface area contributed by atoms with Gasteiger partial charge in [-0.2, -0.15) is 0 Å². The Bertz CT molecular complexity index is 387. The van der Waals surface area contributed by atoms with Gasteiger partial charge in [0.1, 0.15) is 0 Å². The Labute approximate surface area is 110 Å². The number of rotatable bonds is 5. The first kappa shape index (κ1) is 12.2. The van der Waals surface area contributed by atoms with Gasteiger partial charge in [-0.3, -0.25) is 0 Å². The van der Waals surface area contributed by atoms with Crippen LogP contribution in [-0.4, -0.2) is 18.2 Å². The van der Waals surface area contributed by atoms with E-state index in [0.29, 0.717) is 6.10 Å². The minimum Gasteiger partial charge on any atom is -0.376 e. The van der Waals surface area contributed by atoms with Crippen LogP contribution in [0.4, 0.5) is 0 Å². The second-order valence-corrected chi connectivity index (χ2v) is 5.95. The van der Waals surface area contributed by atoms with Gasteiger partial charge in [0.05, 0.1) is 6.10 Å². The van der Waals surface area contributed by atoms with E-state index in [1.54, 1.807) is 0 Å². The summed E-state index contributed by atoms with van der Waals surface area (Å²) >= 11 is 0. The van der Waals surface area contributed by atoms with E-state index >= 15 is 0 Å². The fraction of sp³-hybridized carbons (Fsp3) is 0.625. The molecule has 1 aliphatic carbocycles. The highest BCUT2D eigenvalue weighted by Gasteiger charge is 2.48. The molecule has 2 unspecified atom stereocenters. The maximum absolute atomic E-state index is 6.58. The zero-order chi connectivity index (χ0) is 12.4. The predicted octanol–water partition coefficient (Wildman–Crippen LogP) is 2.91. The fourth-order valence-corrected chi connectivity index (χ4v) is 3.22. The van der Waals surface area contributed by atoms with E-state index in [4.69, 9.17) is 10.5 Å². The molecule has 0 aromatic heterocycles. The lowest BCUT2D eigenvalue weighted by Gasteiger charge is -2.30. The Morgan fingerprint density at radius 3 is 2.72 bits per heavy atom. The van der Waals surface area contributed by atoms with Gasteiger partial charge in [-0.25, -0.2) is 0 Å². The molecule has 3 rings (SSSR count). The molecule has 1 aliphatic heterocycles. The van der Waals surface area contributed by atoms with Crippen LogP contribution in [0, 0.1) is 5.92 Å². The molecule has 1 saturated carbocycles. The molecule has 1 saturated heterocycles. The molecule has 0 amide bonds. The fourth-order valence-electron chi connectivity index (χ4n) is 3.22. The van der Waals surface area contributed by atoms with E-state index < -0.39 is 0 Å². The van der Waals surface area contributed by atoms with E-state index in [1.165, 1.54) is 24.8 Å². The van der Waals surface area contributed by atoms with Crippen molar-refractivity contribution in [1.29, 1.82) is 0 Å². The summed E-state index contributed by atoms with van der Waals surface area (Å²) in [4.78, 5) is 0. The van der Waals surface area contributed by atoms with Crippen LogP contribution in [0.25, 0.3) is 0 Å². The van der Waals surface area contributed by atoms with Gasteiger partial charge in [-0.15, -0.1) is 0 Å². The normalized spacial score (nSPS) is 31.7. The maximum atomic E-state index is 6.58. The van der Waals surface area contributed by atoms with E-state index in [-0.39, 0.29) is 5.54 Å². The Hall–Kier alpha value is -0.860. The Morgan fingerprint density at radius 2 is 2.00 bits per heavy atom. The molecule has 18 heavy (non-hydrogen) atoms. The Balaban J connectivity index is 1.52. The highest BCUT2D eigenvalue weighted by molar-refractivity contribution is 5.15. The number of hydrogen-bond acceptors (Lipinski definition) is 2. The van der Waals surface area contributed by atoms with Crippen molar-refractivity contribution in [2.24, 2.45) is 11.7 Å². The summed E-state index contributed by atoms with van der Waals surface area (Å²) in [6.45, 7) is 0.864. The molecular formula is C16H23NO. The third-order valence-corrected chi connectivity index (χ3v) is 4.43. The zero-order valence-electron chi connectivity index (χ0n) is 11.0. The van der Waals surface area contributed by atoms with Gasteiger partial charge < -0.3 is 10.5 Å². The number of aryl methyl sites for hydroxylation is 1. The third kappa shape index (κ3) is 2.60. The molecule has 1 heterocycles. The van der Waals surface area contributed by atoms with Crippen LogP contribution in [0.3, 0.4) is 0 Å². The first-order chi connectivity index (χ1) is 8.78. The first-order valence-electron chi connectivity index (χ1n) is 7.22. The lowest BCUT2D eigenvalue weighted by atomic mass is 9.84. The highest BCUT2D eigenvalue weighted by Crippen LogP contribution is 2.43. The van der Waals surface area contributed by atoms with Crippen LogP contribution in [0.1, 0.15) is 37.7 Å². The topological polar surface area (TPSA) is 35.2 Å². The first-order valence-corrected chi connectivity index (χ1v) is 7.22. The van der Waals surface area contributed by atoms with Crippen LogP contribution in [0.5, 0.6) is 0 Å². The van der Waals surface area contributed by atoms with Gasteiger partial charge in [-0.1, -0.05) is 30.3 Å². The van der Waals surface area contributed by atoms with Crippen LogP contribution < -0.4 is 5.73 Å². The van der Waals surface area contributed by atoms with Crippen LogP contribution in [0.2, 0.25) is 0 Å². The van der Waals surface area contributed by atoms with Gasteiger partial charge in [-0.05, 0) is 50.0 Å². The summed E-state index contributed by atoms with van der Waals surface area (Å²) in [6.07, 6.45) is 7.44. The van der Waals surface area contributed by atoms with Crippen LogP contribution >= 0.6 is 0 Å². The van der Waals surface area contributed by atoms with E-state index in [1.807, 2.05) is 0 Å². The quantitative estimate of drug-likeness (QED) is 0.865. The molecule has 2 nitrogen and oxygen atoms in total. The van der Waals surface area contributed by atoms with Gasteiger partial charge in [0.25, 0.3) is 0 Å². The summed E-state index contributed by atoms with van der Waals surface area (Å²) in [5.41, 5.74) is 7.96. The molecule has 2 N–H and O–H groups in total. The van der Waals surface area contributed by atoms with Gasteiger partial charge in [0.2, 0.25) is 0 Å². The van der Waals surface area contributed by atoms with Crippen molar-refractivity contribution in [3.8, 4) is 0 Å². The van der Waals surface area contributed by atoms with Crippen LogP contribution in [-0.2, 0) is 11.2 Å². The average Bonchev–Trinajstić information content (AvgIpc) is 3.15. The second kappa shape index (κ2) is 5.02. The zero-order valence-corrected chi connectivity index (χ0v) is 11.0. The summed E-state index contributed by atoms with van der Waals surface area (Å²) in [7, 11) is 0. The second-order valence-electron chi connectivity index (χ2n) is 5.95. The van der Waals surface area contributed by atoms with E-state index in [2.05, 4.69) is 30.3 Å². The van der Waals surface area contributed by atoms with E-state index in [0.717, 1.165) is 31.8 Å². The standard InChI is InChI=1S/C16H23NO/c17-16(11-12-18-15(16)14-8-9-14)10-4-7-13-5-2-1-3-6-13/h1-3,5-6,14-15H,4,7-12,17H2. The number of benzene rings is 1. The summed E-state index contributed by atoms with van der Waals surface area (Å²) in [5.74, 6) is 0.759. The summed E-state index contributed by atoms with van der Waals surface area (Å²) in [6, 6.07) is 10.7. The molecular weight excluding hydrogens is 222 g/mol. The van der Waals surface area contributed by atoms with Crippen molar-refractivity contribution in [3.63, 3.8) is 0 Å². The molecule has 1 aromatic rings. The van der Waals surface area contributed by atoms with E-state index in [9.17, 15) is 0 Å². The summed E-state index contributed by atoms with van der Waals surface area (Å²) in [5, 5.41) is 0. The SMILES string of the molecule is NC1(CCCc2ccccc2)CCOC1C1CC1.